The van der Waals surface area contributed by atoms with Crippen molar-refractivity contribution in [1.82, 2.24) is 20.6 Å². The van der Waals surface area contributed by atoms with Crippen LogP contribution in [0.5, 0.6) is 23.0 Å². The number of fused-ring (bicyclic) bond motifs is 2. The summed E-state index contributed by atoms with van der Waals surface area (Å²) in [4.78, 5) is 7.68. The molecule has 0 spiro atoms. The van der Waals surface area contributed by atoms with Crippen molar-refractivity contribution < 1.29 is 18.9 Å². The molecule has 4 N–H and O–H groups in total. The van der Waals surface area contributed by atoms with Crippen molar-refractivity contribution >= 4 is 11.1 Å². The normalized spacial score (nSPS) is 17.2. The minimum Gasteiger partial charge on any atom is -0.496 e. The van der Waals surface area contributed by atoms with Crippen molar-refractivity contribution in [2.45, 2.75) is 24.9 Å². The van der Waals surface area contributed by atoms with Crippen LogP contribution in [-0.2, 0) is 12.8 Å². The molecule has 0 amide bonds. The molecule has 8 heteroatoms. The van der Waals surface area contributed by atoms with Crippen LogP contribution in [0.3, 0.4) is 0 Å². The smallest absolute Gasteiger partial charge is 0.128 e. The number of ether oxygens (including phenoxy) is 4. The van der Waals surface area contributed by atoms with Gasteiger partial charge in [0.15, 0.2) is 0 Å². The number of hydrogen-bond donors (Lipinski definition) is 4. The first-order valence-electron chi connectivity index (χ1n) is 23.0. The Kier molecular flexibility index (Phi) is 11.3. The number of H-pyrrole nitrogens is 2. The monoisotopic (exact) mass is 892 g/mol. The van der Waals surface area contributed by atoms with E-state index in [0.717, 1.165) is 103 Å². The van der Waals surface area contributed by atoms with Crippen LogP contribution in [0.4, 0.5) is 0 Å². The third-order valence-corrected chi connectivity index (χ3v) is 13.5. The Bertz CT molecular complexity index is 3110. The lowest BCUT2D eigenvalue weighted by molar-refractivity contribution is 0.406. The van der Waals surface area contributed by atoms with Gasteiger partial charge < -0.3 is 39.5 Å². The maximum Gasteiger partial charge on any atom is 0.128 e. The van der Waals surface area contributed by atoms with Gasteiger partial charge in [-0.1, -0.05) is 109 Å². The van der Waals surface area contributed by atoms with Gasteiger partial charge in [-0.15, -0.1) is 0 Å². The predicted octanol–water partition coefficient (Wildman–Crippen LogP) is 12.5. The number of allylic oxidation sites excluding steroid dienone is 2. The van der Waals surface area contributed by atoms with Gasteiger partial charge in [0.1, 0.15) is 23.0 Å². The highest BCUT2D eigenvalue weighted by Gasteiger charge is 2.30. The van der Waals surface area contributed by atoms with Gasteiger partial charge >= 0.3 is 0 Å². The quantitative estimate of drug-likeness (QED) is 0.0976. The van der Waals surface area contributed by atoms with E-state index in [1.807, 2.05) is 60.7 Å². The molecule has 1 aliphatic carbocycles. The van der Waals surface area contributed by atoms with Crippen LogP contribution in [0.25, 0.3) is 33.7 Å². The summed E-state index contributed by atoms with van der Waals surface area (Å²) in [5.74, 6) is 3.32. The van der Waals surface area contributed by atoms with Crippen LogP contribution in [0, 0.1) is 0 Å². The first-order valence-corrected chi connectivity index (χ1v) is 23.0. The number of aromatic nitrogens is 2. The second kappa shape index (κ2) is 18.1. The fourth-order valence-corrected chi connectivity index (χ4v) is 10.3. The zero-order valence-electron chi connectivity index (χ0n) is 38.5. The highest BCUT2D eigenvalue weighted by Crippen LogP contribution is 2.44. The van der Waals surface area contributed by atoms with E-state index < -0.39 is 0 Å². The van der Waals surface area contributed by atoms with Crippen molar-refractivity contribution in [3.8, 4) is 45.5 Å². The summed E-state index contributed by atoms with van der Waals surface area (Å²) in [6, 6.07) is 54.9. The maximum atomic E-state index is 5.84. The van der Waals surface area contributed by atoms with Gasteiger partial charge in [0.2, 0.25) is 0 Å². The Morgan fingerprint density at radius 3 is 1.26 bits per heavy atom. The van der Waals surface area contributed by atoms with Crippen LogP contribution in [0.15, 0.2) is 193 Å². The molecule has 0 saturated heterocycles. The number of hydrogen-bond acceptors (Lipinski definition) is 6. The molecular formula is C60H52N4O4. The van der Waals surface area contributed by atoms with Gasteiger partial charge in [0.25, 0.3) is 0 Å². The Morgan fingerprint density at radius 1 is 0.412 bits per heavy atom. The Balaban J connectivity index is 1.05. The average molecular weight is 893 g/mol. The minimum atomic E-state index is -0.0750. The molecule has 8 nitrogen and oxygen atoms in total. The number of para-hydroxylation sites is 4. The van der Waals surface area contributed by atoms with Crippen molar-refractivity contribution in [2.24, 2.45) is 0 Å². The van der Waals surface area contributed by atoms with Crippen molar-refractivity contribution in [3.05, 3.63) is 249 Å². The standard InChI is InChI=1S/C60H52N4O4/c1-65-55-23-9-5-17-41(55)47-27-31-51(61-47)59(52-32-28-48(62-52)42-18-6-10-24-56(42)66-2)39-21-13-15-37-35-38-16-14-22-40(46(38)36-45(37)39)60(53-33-29-49(63-53)43-19-7-11-25-57(43)67-3)54-34-30-50(64-54)44-20-8-12-26-58(44)68-4/h5-34,47,49,61-64H,35-36H2,1-4H3/b59-51-,60-53+. The van der Waals surface area contributed by atoms with Crippen LogP contribution in [0.2, 0.25) is 0 Å². The molecule has 2 atom stereocenters. The lowest BCUT2D eigenvalue weighted by Gasteiger charge is -2.27. The van der Waals surface area contributed by atoms with Gasteiger partial charge in [-0.2, -0.15) is 0 Å². The van der Waals surface area contributed by atoms with E-state index in [0.29, 0.717) is 0 Å². The fourth-order valence-electron chi connectivity index (χ4n) is 10.3. The Hall–Kier alpha value is -8.36. The van der Waals surface area contributed by atoms with E-state index in [1.165, 1.54) is 33.4 Å². The molecule has 2 aliphatic heterocycles. The first-order chi connectivity index (χ1) is 33.5. The summed E-state index contributed by atoms with van der Waals surface area (Å²) in [6.07, 6.45) is 10.4. The predicted molar refractivity (Wildman–Crippen MR) is 272 cm³/mol. The number of benzene rings is 6. The molecule has 2 unspecified atom stereocenters. The summed E-state index contributed by atoms with van der Waals surface area (Å²) in [7, 11) is 6.90. The molecule has 0 radical (unpaired) electrons. The van der Waals surface area contributed by atoms with E-state index >= 15 is 0 Å². The van der Waals surface area contributed by atoms with E-state index in [2.05, 4.69) is 142 Å². The molecule has 0 bridgehead atoms. The molecule has 11 rings (SSSR count). The van der Waals surface area contributed by atoms with E-state index in [-0.39, 0.29) is 12.1 Å². The highest BCUT2D eigenvalue weighted by atomic mass is 16.5. The zero-order valence-corrected chi connectivity index (χ0v) is 38.5. The van der Waals surface area contributed by atoms with Crippen molar-refractivity contribution in [2.75, 3.05) is 28.4 Å². The summed E-state index contributed by atoms with van der Waals surface area (Å²) in [5, 5.41) is 7.83. The van der Waals surface area contributed by atoms with Crippen molar-refractivity contribution in [3.63, 3.8) is 0 Å². The molecule has 68 heavy (non-hydrogen) atoms. The summed E-state index contributed by atoms with van der Waals surface area (Å²) >= 11 is 0. The number of nitrogens with one attached hydrogen (secondary N) is 4. The second-order valence-electron chi connectivity index (χ2n) is 17.2. The Morgan fingerprint density at radius 2 is 0.824 bits per heavy atom. The molecule has 336 valence electrons. The van der Waals surface area contributed by atoms with Crippen LogP contribution < -0.4 is 29.6 Å². The number of rotatable bonds is 12. The summed E-state index contributed by atoms with van der Waals surface area (Å²) in [6.45, 7) is 0. The van der Waals surface area contributed by atoms with Gasteiger partial charge in [0, 0.05) is 67.6 Å². The molecule has 0 saturated carbocycles. The van der Waals surface area contributed by atoms with Gasteiger partial charge in [-0.3, -0.25) is 0 Å². The van der Waals surface area contributed by atoms with Crippen LogP contribution in [-0.4, -0.2) is 38.4 Å². The van der Waals surface area contributed by atoms with Crippen LogP contribution >= 0.6 is 0 Å². The first kappa shape index (κ1) is 42.3. The molecule has 4 heterocycles. The van der Waals surface area contributed by atoms with Gasteiger partial charge in [-0.05, 0) is 119 Å². The third-order valence-electron chi connectivity index (χ3n) is 13.5. The lowest BCUT2D eigenvalue weighted by Crippen LogP contribution is -2.18. The molecule has 8 aromatic rings. The second-order valence-corrected chi connectivity index (χ2v) is 17.2. The fraction of sp³-hybridized carbons (Fsp3) is 0.133. The van der Waals surface area contributed by atoms with Gasteiger partial charge in [0.05, 0.1) is 40.5 Å². The highest BCUT2D eigenvalue weighted by molar-refractivity contribution is 5.89. The van der Waals surface area contributed by atoms with E-state index in [4.69, 9.17) is 18.9 Å². The summed E-state index contributed by atoms with van der Waals surface area (Å²) < 4.78 is 23.3. The largest absolute Gasteiger partial charge is 0.496 e. The minimum absolute atomic E-state index is 0.0750. The molecule has 2 aromatic heterocycles. The van der Waals surface area contributed by atoms with Crippen molar-refractivity contribution in [1.29, 1.82) is 0 Å². The molecule has 0 fully saturated rings. The third kappa shape index (κ3) is 7.63. The van der Waals surface area contributed by atoms with E-state index in [9.17, 15) is 0 Å². The van der Waals surface area contributed by atoms with Crippen LogP contribution in [0.1, 0.15) is 68.0 Å². The average Bonchev–Trinajstić information content (AvgIpc) is 4.26. The lowest BCUT2D eigenvalue weighted by atomic mass is 9.78. The topological polar surface area (TPSA) is 92.6 Å². The van der Waals surface area contributed by atoms with Gasteiger partial charge in [-0.25, -0.2) is 0 Å². The maximum absolute atomic E-state index is 5.84. The Labute approximate surface area is 397 Å². The molecule has 3 aliphatic rings. The SMILES string of the molecule is COc1ccccc1-c1ccc(/C(=C2/C=CC(c3ccccc3OC)N2)c2cccc3c2Cc2c(cccc2/C(=C2/C=CC(c4ccccc4OC)N2)c2ccc(-c4ccccc4OC)[nH]2)C3)[nH]1. The van der Waals surface area contributed by atoms with E-state index in [1.54, 1.807) is 28.4 Å². The molecular weight excluding hydrogens is 841 g/mol. The summed E-state index contributed by atoms with van der Waals surface area (Å²) in [5.41, 5.74) is 20.0. The number of aromatic amines is 2. The molecule has 6 aromatic carbocycles. The number of methoxy groups -OCH3 is 4. The zero-order chi connectivity index (χ0) is 46.1.